The minimum Gasteiger partial charge on any atom is -0.490 e. The Hall–Kier alpha value is -1.71. The minimum absolute atomic E-state index is 0.0387. The summed E-state index contributed by atoms with van der Waals surface area (Å²) in [6.07, 6.45) is 1.26. The molecule has 4 heteroatoms. The van der Waals surface area contributed by atoms with E-state index in [4.69, 9.17) is 9.47 Å². The highest BCUT2D eigenvalue weighted by atomic mass is 16.6. The predicted octanol–water partition coefficient (Wildman–Crippen LogP) is 3.74. The van der Waals surface area contributed by atoms with E-state index < -0.39 is 0 Å². The van der Waals surface area contributed by atoms with Crippen LogP contribution in [0.3, 0.4) is 0 Å². The largest absolute Gasteiger partial charge is 0.490 e. The summed E-state index contributed by atoms with van der Waals surface area (Å²) < 4.78 is 11.3. The summed E-state index contributed by atoms with van der Waals surface area (Å²) in [6.45, 7) is 9.91. The summed E-state index contributed by atoms with van der Waals surface area (Å²) in [5, 5.41) is 2.80. The second-order valence-corrected chi connectivity index (χ2v) is 6.94. The van der Waals surface area contributed by atoms with Gasteiger partial charge in [-0.1, -0.05) is 6.07 Å². The van der Waals surface area contributed by atoms with Crippen LogP contribution in [0.25, 0.3) is 0 Å². The molecule has 0 saturated heterocycles. The average Bonchev–Trinajstić information content (AvgIpc) is 2.21. The molecule has 1 fully saturated rings. The van der Waals surface area contributed by atoms with Crippen molar-refractivity contribution in [2.45, 2.75) is 65.2 Å². The first kappa shape index (κ1) is 15.7. The Morgan fingerprint density at radius 3 is 2.19 bits per heavy atom. The van der Waals surface area contributed by atoms with E-state index in [0.29, 0.717) is 0 Å². The molecule has 0 heterocycles. The van der Waals surface area contributed by atoms with Crippen LogP contribution >= 0.6 is 0 Å². The van der Waals surface area contributed by atoms with Crippen LogP contribution in [0.15, 0.2) is 18.2 Å². The van der Waals surface area contributed by atoms with Gasteiger partial charge in [0.25, 0.3) is 0 Å². The lowest BCUT2D eigenvalue weighted by molar-refractivity contribution is -0.0243. The maximum atomic E-state index is 11.6. The number of hydrogen-bond acceptors (Lipinski definition) is 3. The van der Waals surface area contributed by atoms with Crippen molar-refractivity contribution in [3.63, 3.8) is 0 Å². The first-order valence-corrected chi connectivity index (χ1v) is 7.45. The summed E-state index contributed by atoms with van der Waals surface area (Å²) in [7, 11) is 0. The molecule has 0 aromatic heterocycles. The molecule has 1 aliphatic carbocycles. The van der Waals surface area contributed by atoms with Gasteiger partial charge in [-0.05, 0) is 57.9 Å². The smallest absolute Gasteiger partial charge is 0.407 e. The highest BCUT2D eigenvalue weighted by Gasteiger charge is 2.34. The van der Waals surface area contributed by atoms with Gasteiger partial charge in [0.15, 0.2) is 0 Å². The molecule has 2 rings (SSSR count). The lowest BCUT2D eigenvalue weighted by Crippen LogP contribution is -2.46. The van der Waals surface area contributed by atoms with E-state index >= 15 is 0 Å². The van der Waals surface area contributed by atoms with Crippen LogP contribution in [-0.4, -0.2) is 23.8 Å². The van der Waals surface area contributed by atoms with Crippen molar-refractivity contribution in [3.8, 4) is 5.75 Å². The van der Waals surface area contributed by atoms with Crippen LogP contribution in [-0.2, 0) is 4.74 Å². The molecule has 1 aliphatic rings. The Bertz CT molecular complexity index is 493. The number of nitrogens with one attached hydrogen (secondary N) is 1. The maximum Gasteiger partial charge on any atom is 0.407 e. The summed E-state index contributed by atoms with van der Waals surface area (Å²) in [5.74, 6) is 0.898. The Kier molecular flexibility index (Phi) is 4.45. The Balaban J connectivity index is 1.75. The van der Waals surface area contributed by atoms with Gasteiger partial charge in [0, 0.05) is 18.4 Å². The molecule has 116 valence electrons. The average molecular weight is 291 g/mol. The summed E-state index contributed by atoms with van der Waals surface area (Å²) in [4.78, 5) is 11.6. The van der Waals surface area contributed by atoms with Gasteiger partial charge in [0.05, 0.1) is 0 Å². The van der Waals surface area contributed by atoms with Gasteiger partial charge in [-0.15, -0.1) is 0 Å². The number of rotatable bonds is 3. The molecule has 0 unspecified atom stereocenters. The van der Waals surface area contributed by atoms with E-state index in [1.807, 2.05) is 32.9 Å². The molecule has 0 spiro atoms. The fourth-order valence-corrected chi connectivity index (χ4v) is 2.39. The normalized spacial score (nSPS) is 21.4. The Morgan fingerprint density at radius 1 is 1.10 bits per heavy atom. The van der Waals surface area contributed by atoms with Gasteiger partial charge in [-0.2, -0.15) is 0 Å². The number of carbonyl (C=O) groups is 1. The third kappa shape index (κ3) is 4.96. The van der Waals surface area contributed by atoms with Crippen molar-refractivity contribution >= 4 is 6.09 Å². The Morgan fingerprint density at radius 2 is 1.67 bits per heavy atom. The van der Waals surface area contributed by atoms with E-state index in [-0.39, 0.29) is 23.8 Å². The number of ether oxygens (including phenoxy) is 2. The fourth-order valence-electron chi connectivity index (χ4n) is 2.39. The molecule has 1 N–H and O–H groups in total. The highest BCUT2D eigenvalue weighted by Crippen LogP contribution is 2.29. The minimum atomic E-state index is -0.350. The molecule has 0 bridgehead atoms. The van der Waals surface area contributed by atoms with Crippen LogP contribution in [0, 0.1) is 13.8 Å². The molecular weight excluding hydrogens is 266 g/mol. The van der Waals surface area contributed by atoms with E-state index in [1.54, 1.807) is 0 Å². The zero-order chi connectivity index (χ0) is 15.6. The van der Waals surface area contributed by atoms with Crippen LogP contribution in [0.4, 0.5) is 4.79 Å². The molecular formula is C17H25NO3. The maximum absolute atomic E-state index is 11.6. The van der Waals surface area contributed by atoms with Gasteiger partial charge < -0.3 is 14.8 Å². The van der Waals surface area contributed by atoms with Gasteiger partial charge >= 0.3 is 6.09 Å². The van der Waals surface area contributed by atoms with Gasteiger partial charge in [-0.3, -0.25) is 0 Å². The zero-order valence-corrected chi connectivity index (χ0v) is 13.5. The van der Waals surface area contributed by atoms with E-state index in [2.05, 4.69) is 25.2 Å². The van der Waals surface area contributed by atoms with Gasteiger partial charge in [-0.25, -0.2) is 4.79 Å². The lowest BCUT2D eigenvalue weighted by Gasteiger charge is -2.35. The highest BCUT2D eigenvalue weighted by molar-refractivity contribution is 5.68. The van der Waals surface area contributed by atoms with Gasteiger partial charge in [0.2, 0.25) is 0 Å². The lowest BCUT2D eigenvalue weighted by atomic mass is 9.92. The van der Waals surface area contributed by atoms with Crippen molar-refractivity contribution in [2.24, 2.45) is 0 Å². The molecule has 4 nitrogen and oxygen atoms in total. The molecule has 1 saturated carbocycles. The van der Waals surface area contributed by atoms with E-state index in [1.165, 1.54) is 11.1 Å². The van der Waals surface area contributed by atoms with E-state index in [0.717, 1.165) is 18.6 Å². The van der Waals surface area contributed by atoms with Crippen molar-refractivity contribution in [1.82, 2.24) is 5.32 Å². The predicted molar refractivity (Wildman–Crippen MR) is 82.7 cm³/mol. The molecule has 0 radical (unpaired) electrons. The van der Waals surface area contributed by atoms with Crippen molar-refractivity contribution in [2.75, 3.05) is 0 Å². The van der Waals surface area contributed by atoms with Crippen LogP contribution in [0.1, 0.15) is 44.7 Å². The first-order valence-electron chi connectivity index (χ1n) is 7.45. The zero-order valence-electron chi connectivity index (χ0n) is 13.5. The van der Waals surface area contributed by atoms with Gasteiger partial charge in [0.1, 0.15) is 18.0 Å². The van der Waals surface area contributed by atoms with Crippen LogP contribution < -0.4 is 10.1 Å². The SMILES string of the molecule is Cc1cc(C)cc(OC2CC(OC(=O)NC(C)(C)C)C2)c1. The topological polar surface area (TPSA) is 47.6 Å². The number of benzene rings is 1. The number of amides is 1. The van der Waals surface area contributed by atoms with Crippen LogP contribution in [0.5, 0.6) is 5.75 Å². The third-order valence-corrected chi connectivity index (χ3v) is 3.30. The molecule has 1 amide bonds. The molecule has 0 atom stereocenters. The summed E-state index contributed by atoms with van der Waals surface area (Å²) in [5.41, 5.74) is 2.12. The second kappa shape index (κ2) is 5.96. The number of carbonyl (C=O) groups excluding carboxylic acids is 1. The molecule has 1 aromatic rings. The Labute approximate surface area is 126 Å². The fraction of sp³-hybridized carbons (Fsp3) is 0.588. The second-order valence-electron chi connectivity index (χ2n) is 6.94. The van der Waals surface area contributed by atoms with Crippen molar-refractivity contribution < 1.29 is 14.3 Å². The number of alkyl carbamates (subject to hydrolysis) is 1. The summed E-state index contributed by atoms with van der Waals surface area (Å²) >= 11 is 0. The number of hydrogen-bond donors (Lipinski definition) is 1. The molecule has 0 aliphatic heterocycles. The van der Waals surface area contributed by atoms with Crippen molar-refractivity contribution in [1.29, 1.82) is 0 Å². The monoisotopic (exact) mass is 291 g/mol. The summed E-state index contributed by atoms with van der Waals surface area (Å²) in [6, 6.07) is 6.19. The number of aryl methyl sites for hydroxylation is 2. The van der Waals surface area contributed by atoms with Crippen molar-refractivity contribution in [3.05, 3.63) is 29.3 Å². The standard InChI is InChI=1S/C17H25NO3/c1-11-6-12(2)8-13(7-11)20-14-9-15(10-14)21-16(19)18-17(3,4)5/h6-8,14-15H,9-10H2,1-5H3,(H,18,19). The first-order chi connectivity index (χ1) is 9.71. The molecule has 1 aromatic carbocycles. The third-order valence-electron chi connectivity index (χ3n) is 3.30. The van der Waals surface area contributed by atoms with E-state index in [9.17, 15) is 4.79 Å². The molecule has 21 heavy (non-hydrogen) atoms. The van der Waals surface area contributed by atoms with Crippen LogP contribution in [0.2, 0.25) is 0 Å². The quantitative estimate of drug-likeness (QED) is 0.923.